The summed E-state index contributed by atoms with van der Waals surface area (Å²) in [5.41, 5.74) is 1.75. The summed E-state index contributed by atoms with van der Waals surface area (Å²) >= 11 is 0. The molecule has 0 bridgehead atoms. The van der Waals surface area contributed by atoms with Crippen LogP contribution in [0.1, 0.15) is 11.4 Å². The summed E-state index contributed by atoms with van der Waals surface area (Å²) in [6.45, 7) is 3.73. The SMILES string of the molecule is Cc1c(C)[n+](=O)ccn1C. The van der Waals surface area contributed by atoms with Crippen LogP contribution in [0, 0.1) is 18.8 Å². The van der Waals surface area contributed by atoms with Crippen molar-refractivity contribution in [2.24, 2.45) is 7.05 Å². The van der Waals surface area contributed by atoms with Gasteiger partial charge in [0.25, 0.3) is 5.69 Å². The molecule has 0 spiro atoms. The number of nitrogens with zero attached hydrogens (tertiary/aromatic N) is 2. The summed E-state index contributed by atoms with van der Waals surface area (Å²) in [5, 5.41) is 0. The van der Waals surface area contributed by atoms with Crippen molar-refractivity contribution < 1.29 is 4.43 Å². The number of hydrogen-bond donors (Lipinski definition) is 0. The van der Waals surface area contributed by atoms with Gasteiger partial charge in [-0.3, -0.25) is 0 Å². The van der Waals surface area contributed by atoms with Crippen LogP contribution in [0.3, 0.4) is 0 Å². The lowest BCUT2D eigenvalue weighted by Gasteiger charge is -1.98. The van der Waals surface area contributed by atoms with Crippen molar-refractivity contribution in [1.29, 1.82) is 0 Å². The van der Waals surface area contributed by atoms with Crippen molar-refractivity contribution in [3.05, 3.63) is 28.7 Å². The fourth-order valence-electron chi connectivity index (χ4n) is 0.799. The summed E-state index contributed by atoms with van der Waals surface area (Å²) in [6.07, 6.45) is 3.25. The van der Waals surface area contributed by atoms with E-state index in [0.717, 1.165) is 15.8 Å². The average molecular weight is 139 g/mol. The molecule has 0 unspecified atom stereocenters. The minimum absolute atomic E-state index is 0.755. The minimum Gasteiger partial charge on any atom is -0.344 e. The molecule has 0 saturated heterocycles. The maximum Gasteiger partial charge on any atom is 0.255 e. The molecule has 0 N–H and O–H groups in total. The minimum atomic E-state index is 0.755. The van der Waals surface area contributed by atoms with Crippen LogP contribution in [0.15, 0.2) is 12.4 Å². The summed E-state index contributed by atoms with van der Waals surface area (Å²) in [6, 6.07) is 0. The normalized spacial score (nSPS) is 9.90. The van der Waals surface area contributed by atoms with E-state index in [9.17, 15) is 4.91 Å². The summed E-state index contributed by atoms with van der Waals surface area (Å²) in [4.78, 5) is 10.9. The molecule has 1 rings (SSSR count). The molecule has 0 aliphatic heterocycles. The van der Waals surface area contributed by atoms with Gasteiger partial charge in [-0.1, -0.05) is 0 Å². The molecule has 0 aromatic carbocycles. The lowest BCUT2D eigenvalue weighted by atomic mass is 10.3. The van der Waals surface area contributed by atoms with Crippen LogP contribution in [0.25, 0.3) is 0 Å². The maximum atomic E-state index is 10.9. The van der Waals surface area contributed by atoms with E-state index >= 15 is 0 Å². The van der Waals surface area contributed by atoms with Gasteiger partial charge in [-0.15, -0.1) is 0 Å². The average Bonchev–Trinajstić information content (AvgIpc) is 1.93. The molecular weight excluding hydrogens is 128 g/mol. The van der Waals surface area contributed by atoms with Crippen LogP contribution < -0.4 is 4.43 Å². The van der Waals surface area contributed by atoms with Crippen LogP contribution in [0.5, 0.6) is 0 Å². The monoisotopic (exact) mass is 139 g/mol. The Morgan fingerprint density at radius 3 is 2.60 bits per heavy atom. The zero-order chi connectivity index (χ0) is 7.72. The Kier molecular flexibility index (Phi) is 1.57. The highest BCUT2D eigenvalue weighted by molar-refractivity contribution is 5.01. The first-order valence-corrected chi connectivity index (χ1v) is 3.18. The van der Waals surface area contributed by atoms with E-state index in [2.05, 4.69) is 0 Å². The number of hydrogen-bond acceptors (Lipinski definition) is 1. The quantitative estimate of drug-likeness (QED) is 0.482. The van der Waals surface area contributed by atoms with Gasteiger partial charge < -0.3 is 4.57 Å². The molecule has 0 aliphatic rings. The topological polar surface area (TPSA) is 27.9 Å². The molecular formula is C7H11N2O+. The van der Waals surface area contributed by atoms with E-state index in [1.807, 2.05) is 25.5 Å². The van der Waals surface area contributed by atoms with Gasteiger partial charge in [0.15, 0.2) is 0 Å². The molecule has 1 heterocycles. The highest BCUT2D eigenvalue weighted by atomic mass is 16.3. The van der Waals surface area contributed by atoms with E-state index in [4.69, 9.17) is 0 Å². The van der Waals surface area contributed by atoms with Gasteiger partial charge in [-0.2, -0.15) is 0 Å². The molecule has 1 aromatic rings. The second kappa shape index (κ2) is 2.25. The Bertz CT molecular complexity index is 301. The van der Waals surface area contributed by atoms with E-state index in [1.165, 1.54) is 6.20 Å². The van der Waals surface area contributed by atoms with Gasteiger partial charge in [0.05, 0.1) is 16.3 Å². The molecule has 3 nitrogen and oxygen atoms in total. The summed E-state index contributed by atoms with van der Waals surface area (Å²) < 4.78 is 2.79. The van der Waals surface area contributed by atoms with Gasteiger partial charge in [-0.25, -0.2) is 0 Å². The Balaban J connectivity index is 3.49. The van der Waals surface area contributed by atoms with Crippen molar-refractivity contribution in [2.45, 2.75) is 13.8 Å². The van der Waals surface area contributed by atoms with Gasteiger partial charge >= 0.3 is 0 Å². The smallest absolute Gasteiger partial charge is 0.255 e. The van der Waals surface area contributed by atoms with Gasteiger partial charge in [0.1, 0.15) is 0 Å². The molecule has 0 radical (unpaired) electrons. The molecule has 0 amide bonds. The van der Waals surface area contributed by atoms with Crippen molar-refractivity contribution in [3.63, 3.8) is 0 Å². The molecule has 1 aromatic heterocycles. The molecule has 3 heteroatoms. The third-order valence-electron chi connectivity index (χ3n) is 1.81. The van der Waals surface area contributed by atoms with E-state index in [0.29, 0.717) is 0 Å². The fraction of sp³-hybridized carbons (Fsp3) is 0.429. The largest absolute Gasteiger partial charge is 0.344 e. The molecule has 10 heavy (non-hydrogen) atoms. The van der Waals surface area contributed by atoms with Gasteiger partial charge in [0, 0.05) is 18.9 Å². The van der Waals surface area contributed by atoms with E-state index in [-0.39, 0.29) is 0 Å². The molecule has 0 fully saturated rings. The van der Waals surface area contributed by atoms with Crippen LogP contribution in [0.4, 0.5) is 0 Å². The number of aromatic nitrogens is 2. The lowest BCUT2D eigenvalue weighted by molar-refractivity contribution is -0.504. The van der Waals surface area contributed by atoms with Crippen molar-refractivity contribution in [2.75, 3.05) is 0 Å². The Labute approximate surface area is 59.5 Å². The zero-order valence-electron chi connectivity index (χ0n) is 6.46. The maximum absolute atomic E-state index is 10.9. The number of aryl methyl sites for hydroxylation is 1. The van der Waals surface area contributed by atoms with Crippen LogP contribution >= 0.6 is 0 Å². The fourth-order valence-corrected chi connectivity index (χ4v) is 0.799. The lowest BCUT2D eigenvalue weighted by Crippen LogP contribution is -2.21. The van der Waals surface area contributed by atoms with E-state index < -0.39 is 0 Å². The number of rotatable bonds is 0. The molecule has 54 valence electrons. The van der Waals surface area contributed by atoms with Gasteiger partial charge in [-0.05, 0) is 6.92 Å². The second-order valence-electron chi connectivity index (χ2n) is 2.41. The zero-order valence-corrected chi connectivity index (χ0v) is 6.46. The highest BCUT2D eigenvalue weighted by Crippen LogP contribution is 1.95. The van der Waals surface area contributed by atoms with Crippen LogP contribution in [-0.2, 0) is 7.05 Å². The molecule has 0 aliphatic carbocycles. The van der Waals surface area contributed by atoms with Crippen LogP contribution in [-0.4, -0.2) is 4.57 Å². The third-order valence-corrected chi connectivity index (χ3v) is 1.81. The Hall–Kier alpha value is -1.12. The summed E-state index contributed by atoms with van der Waals surface area (Å²) in [5.74, 6) is 0. The standard InChI is InChI=1S/C7H11N2O/c1-6-7(2)9(10)5-4-8(6)3/h4-5H,1-3H3/q+1. The first kappa shape index (κ1) is 6.99. The highest BCUT2D eigenvalue weighted by Gasteiger charge is 2.05. The first-order valence-electron chi connectivity index (χ1n) is 3.18. The third kappa shape index (κ3) is 0.943. The predicted molar refractivity (Wildman–Crippen MR) is 38.3 cm³/mol. The second-order valence-corrected chi connectivity index (χ2v) is 2.41. The van der Waals surface area contributed by atoms with Gasteiger partial charge in [0.2, 0.25) is 6.20 Å². The molecule has 0 saturated carbocycles. The van der Waals surface area contributed by atoms with E-state index in [1.54, 1.807) is 6.20 Å². The Morgan fingerprint density at radius 1 is 1.50 bits per heavy atom. The predicted octanol–water partition coefficient (Wildman–Crippen LogP) is 0.556. The Morgan fingerprint density at radius 2 is 2.10 bits per heavy atom. The first-order chi connectivity index (χ1) is 4.63. The van der Waals surface area contributed by atoms with Crippen molar-refractivity contribution >= 4 is 0 Å². The summed E-state index contributed by atoms with van der Waals surface area (Å²) in [7, 11) is 1.92. The van der Waals surface area contributed by atoms with Crippen molar-refractivity contribution in [3.8, 4) is 0 Å². The van der Waals surface area contributed by atoms with Crippen LogP contribution in [0.2, 0.25) is 0 Å². The van der Waals surface area contributed by atoms with Crippen molar-refractivity contribution in [1.82, 2.24) is 4.57 Å². The molecule has 0 atom stereocenters.